The van der Waals surface area contributed by atoms with Gasteiger partial charge in [0.15, 0.2) is 0 Å². The molecule has 4 nitrogen and oxygen atoms in total. The van der Waals surface area contributed by atoms with Crippen molar-refractivity contribution in [2.24, 2.45) is 0 Å². The van der Waals surface area contributed by atoms with Crippen LogP contribution >= 0.6 is 11.8 Å². The lowest BCUT2D eigenvalue weighted by Crippen LogP contribution is -2.05. The average molecular weight is 187 g/mol. The minimum Gasteiger partial charge on any atom is -0.359 e. The molecule has 1 aromatic rings. The van der Waals surface area contributed by atoms with Crippen LogP contribution in [0.2, 0.25) is 0 Å². The lowest BCUT2D eigenvalue weighted by molar-refractivity contribution is 0.0767. The standard InChI is InChI=1S/C7H13N3OS/c1-4-11-5-10-6(2)8-7(9-10)12-3/h4-5H2,1-3H3. The van der Waals surface area contributed by atoms with E-state index in [9.17, 15) is 0 Å². The van der Waals surface area contributed by atoms with Gasteiger partial charge in [-0.1, -0.05) is 11.8 Å². The molecule has 0 radical (unpaired) electrons. The fraction of sp³-hybridized carbons (Fsp3) is 0.714. The van der Waals surface area contributed by atoms with Crippen LogP contribution in [0.5, 0.6) is 0 Å². The molecule has 0 saturated carbocycles. The third kappa shape index (κ3) is 2.22. The highest BCUT2D eigenvalue weighted by atomic mass is 32.2. The maximum atomic E-state index is 5.21. The summed E-state index contributed by atoms with van der Waals surface area (Å²) in [6, 6.07) is 0. The van der Waals surface area contributed by atoms with Gasteiger partial charge >= 0.3 is 0 Å². The molecule has 12 heavy (non-hydrogen) atoms. The van der Waals surface area contributed by atoms with Crippen LogP contribution < -0.4 is 0 Å². The number of ether oxygens (including phenoxy) is 1. The normalized spacial score (nSPS) is 10.6. The fourth-order valence-corrected chi connectivity index (χ4v) is 1.18. The van der Waals surface area contributed by atoms with Crippen LogP contribution in [0.25, 0.3) is 0 Å². The van der Waals surface area contributed by atoms with Gasteiger partial charge in [0, 0.05) is 6.61 Å². The summed E-state index contributed by atoms with van der Waals surface area (Å²) in [4.78, 5) is 4.22. The highest BCUT2D eigenvalue weighted by Gasteiger charge is 2.03. The van der Waals surface area contributed by atoms with Crippen molar-refractivity contribution in [2.45, 2.75) is 25.7 Å². The van der Waals surface area contributed by atoms with E-state index in [-0.39, 0.29) is 0 Å². The third-order valence-electron chi connectivity index (χ3n) is 1.44. The Bertz CT molecular complexity index is 249. The minimum atomic E-state index is 0.496. The van der Waals surface area contributed by atoms with E-state index in [1.807, 2.05) is 20.1 Å². The molecule has 0 saturated heterocycles. The van der Waals surface area contributed by atoms with Gasteiger partial charge in [-0.05, 0) is 20.1 Å². The average Bonchev–Trinajstić information content (AvgIpc) is 2.43. The van der Waals surface area contributed by atoms with Crippen LogP contribution in [-0.2, 0) is 11.5 Å². The third-order valence-corrected chi connectivity index (χ3v) is 1.98. The van der Waals surface area contributed by atoms with Crippen molar-refractivity contribution in [3.8, 4) is 0 Å². The van der Waals surface area contributed by atoms with Gasteiger partial charge in [0.2, 0.25) is 5.16 Å². The molecule has 0 aliphatic carbocycles. The van der Waals surface area contributed by atoms with Crippen LogP contribution in [0.15, 0.2) is 5.16 Å². The first-order valence-corrected chi connectivity index (χ1v) is 5.03. The zero-order valence-electron chi connectivity index (χ0n) is 7.57. The predicted molar refractivity (Wildman–Crippen MR) is 48.2 cm³/mol. The summed E-state index contributed by atoms with van der Waals surface area (Å²) < 4.78 is 6.97. The number of nitrogens with zero attached hydrogens (tertiary/aromatic N) is 3. The number of thioether (sulfide) groups is 1. The van der Waals surface area contributed by atoms with Gasteiger partial charge in [0.25, 0.3) is 0 Å². The van der Waals surface area contributed by atoms with Crippen molar-refractivity contribution in [1.29, 1.82) is 0 Å². The molecule has 1 heterocycles. The second kappa shape index (κ2) is 4.47. The molecule has 0 atom stereocenters. The van der Waals surface area contributed by atoms with Gasteiger partial charge < -0.3 is 4.74 Å². The van der Waals surface area contributed by atoms with Gasteiger partial charge in [-0.3, -0.25) is 0 Å². The Morgan fingerprint density at radius 2 is 2.33 bits per heavy atom. The zero-order valence-corrected chi connectivity index (χ0v) is 8.39. The first-order chi connectivity index (χ1) is 5.77. The Labute approximate surface area is 76.3 Å². The molecule has 0 bridgehead atoms. The fourth-order valence-electron chi connectivity index (χ4n) is 0.781. The van der Waals surface area contributed by atoms with Crippen molar-refractivity contribution in [3.05, 3.63) is 5.82 Å². The summed E-state index contributed by atoms with van der Waals surface area (Å²) in [5.41, 5.74) is 0. The molecule has 1 aromatic heterocycles. The predicted octanol–water partition coefficient (Wildman–Crippen LogP) is 1.30. The second-order valence-electron chi connectivity index (χ2n) is 2.27. The lowest BCUT2D eigenvalue weighted by atomic mass is 10.7. The smallest absolute Gasteiger partial charge is 0.208 e. The van der Waals surface area contributed by atoms with Crippen LogP contribution in [-0.4, -0.2) is 27.6 Å². The van der Waals surface area contributed by atoms with Crippen molar-refractivity contribution in [3.63, 3.8) is 0 Å². The van der Waals surface area contributed by atoms with Crippen molar-refractivity contribution >= 4 is 11.8 Å². The molecular weight excluding hydrogens is 174 g/mol. The monoisotopic (exact) mass is 187 g/mol. The van der Waals surface area contributed by atoms with Crippen LogP contribution in [0.1, 0.15) is 12.7 Å². The van der Waals surface area contributed by atoms with Crippen LogP contribution in [0.3, 0.4) is 0 Å². The molecule has 0 fully saturated rings. The highest BCUT2D eigenvalue weighted by molar-refractivity contribution is 7.98. The largest absolute Gasteiger partial charge is 0.359 e. The summed E-state index contributed by atoms with van der Waals surface area (Å²) >= 11 is 1.54. The quantitative estimate of drug-likeness (QED) is 0.666. The van der Waals surface area contributed by atoms with Gasteiger partial charge in [-0.2, -0.15) is 0 Å². The number of aromatic nitrogens is 3. The lowest BCUT2D eigenvalue weighted by Gasteiger charge is -2.00. The summed E-state index contributed by atoms with van der Waals surface area (Å²) in [5.74, 6) is 0.896. The van der Waals surface area contributed by atoms with E-state index in [0.29, 0.717) is 13.3 Å². The SMILES string of the molecule is CCOCn1nc(SC)nc1C. The van der Waals surface area contributed by atoms with Gasteiger partial charge in [0.05, 0.1) is 0 Å². The van der Waals surface area contributed by atoms with E-state index >= 15 is 0 Å². The van der Waals surface area contributed by atoms with Crippen molar-refractivity contribution in [1.82, 2.24) is 14.8 Å². The summed E-state index contributed by atoms with van der Waals surface area (Å²) in [7, 11) is 0. The van der Waals surface area contributed by atoms with Gasteiger partial charge in [0.1, 0.15) is 12.6 Å². The Morgan fingerprint density at radius 1 is 1.58 bits per heavy atom. The van der Waals surface area contributed by atoms with E-state index in [1.165, 1.54) is 11.8 Å². The van der Waals surface area contributed by atoms with E-state index in [0.717, 1.165) is 11.0 Å². The van der Waals surface area contributed by atoms with E-state index in [2.05, 4.69) is 10.1 Å². The van der Waals surface area contributed by atoms with Crippen molar-refractivity contribution in [2.75, 3.05) is 12.9 Å². The van der Waals surface area contributed by atoms with Gasteiger partial charge in [-0.15, -0.1) is 5.10 Å². The maximum absolute atomic E-state index is 5.21. The maximum Gasteiger partial charge on any atom is 0.208 e. The number of rotatable bonds is 4. The number of aryl methyl sites for hydroxylation is 1. The number of hydrogen-bond donors (Lipinski definition) is 0. The first-order valence-electron chi connectivity index (χ1n) is 3.81. The summed E-state index contributed by atoms with van der Waals surface area (Å²) in [6.07, 6.45) is 1.96. The molecule has 0 N–H and O–H groups in total. The van der Waals surface area contributed by atoms with Crippen LogP contribution in [0, 0.1) is 6.92 Å². The van der Waals surface area contributed by atoms with E-state index in [1.54, 1.807) is 4.68 Å². The molecule has 0 aliphatic heterocycles. The minimum absolute atomic E-state index is 0.496. The Kier molecular flexibility index (Phi) is 3.55. The Hall–Kier alpha value is -0.550. The van der Waals surface area contributed by atoms with Crippen molar-refractivity contribution < 1.29 is 4.74 Å². The molecule has 68 valence electrons. The molecule has 5 heteroatoms. The Balaban J connectivity index is 2.64. The van der Waals surface area contributed by atoms with E-state index < -0.39 is 0 Å². The second-order valence-corrected chi connectivity index (χ2v) is 3.04. The summed E-state index contributed by atoms with van der Waals surface area (Å²) in [6.45, 7) is 5.08. The highest BCUT2D eigenvalue weighted by Crippen LogP contribution is 2.08. The first kappa shape index (κ1) is 9.54. The molecule has 0 spiro atoms. The Morgan fingerprint density at radius 3 is 2.83 bits per heavy atom. The molecule has 1 rings (SSSR count). The topological polar surface area (TPSA) is 39.9 Å². The molecule has 0 aromatic carbocycles. The molecular formula is C7H13N3OS. The van der Waals surface area contributed by atoms with Gasteiger partial charge in [-0.25, -0.2) is 9.67 Å². The molecule has 0 amide bonds. The van der Waals surface area contributed by atoms with E-state index in [4.69, 9.17) is 4.74 Å². The summed E-state index contributed by atoms with van der Waals surface area (Å²) in [5, 5.41) is 5.01. The zero-order chi connectivity index (χ0) is 8.97. The molecule has 0 unspecified atom stereocenters. The van der Waals surface area contributed by atoms with Crippen LogP contribution in [0.4, 0.5) is 0 Å². The molecule has 0 aliphatic rings. The number of hydrogen-bond acceptors (Lipinski definition) is 4.